The summed E-state index contributed by atoms with van der Waals surface area (Å²) < 4.78 is 43.4. The first-order valence-electron chi connectivity index (χ1n) is 5.95. The van der Waals surface area contributed by atoms with E-state index in [0.717, 1.165) is 0 Å². The predicted molar refractivity (Wildman–Crippen MR) is 80.8 cm³/mol. The number of aromatic nitrogens is 2. The summed E-state index contributed by atoms with van der Waals surface area (Å²) in [5.74, 6) is -1.93. The maximum Gasteiger partial charge on any atom is 0.182 e. The highest BCUT2D eigenvalue weighted by atomic mass is 79.9. The van der Waals surface area contributed by atoms with Crippen molar-refractivity contribution in [2.75, 3.05) is 0 Å². The Morgan fingerprint density at radius 1 is 1.14 bits per heavy atom. The molecule has 108 valence electrons. The van der Waals surface area contributed by atoms with E-state index in [1.165, 1.54) is 35.8 Å². The molecule has 0 unspecified atom stereocenters. The zero-order valence-electron chi connectivity index (χ0n) is 10.7. The van der Waals surface area contributed by atoms with Gasteiger partial charge in [0.2, 0.25) is 0 Å². The van der Waals surface area contributed by atoms with E-state index < -0.39 is 17.5 Å². The molecule has 0 aliphatic carbocycles. The Balaban J connectivity index is 2.47. The molecule has 1 aromatic heterocycles. The van der Waals surface area contributed by atoms with E-state index in [2.05, 4.69) is 20.9 Å². The van der Waals surface area contributed by atoms with Crippen molar-refractivity contribution in [3.8, 4) is 5.69 Å². The summed E-state index contributed by atoms with van der Waals surface area (Å²) in [6.07, 6.45) is 0. The highest BCUT2D eigenvalue weighted by Crippen LogP contribution is 2.28. The maximum atomic E-state index is 14.3. The second-order valence-electron chi connectivity index (χ2n) is 4.58. The van der Waals surface area contributed by atoms with Gasteiger partial charge >= 0.3 is 0 Å². The molecule has 21 heavy (non-hydrogen) atoms. The molecule has 0 bridgehead atoms. The Morgan fingerprint density at radius 2 is 1.86 bits per heavy atom. The van der Waals surface area contributed by atoms with Crippen LogP contribution in [0.3, 0.4) is 0 Å². The fourth-order valence-electron chi connectivity index (χ4n) is 2.17. The fourth-order valence-corrected chi connectivity index (χ4v) is 2.80. The van der Waals surface area contributed by atoms with Gasteiger partial charge in [-0.25, -0.2) is 13.2 Å². The van der Waals surface area contributed by atoms with Gasteiger partial charge in [-0.1, -0.05) is 6.07 Å². The van der Waals surface area contributed by atoms with E-state index >= 15 is 0 Å². The van der Waals surface area contributed by atoms with Crippen LogP contribution in [0, 0.1) is 29.1 Å². The molecular formula is C14H8BrF3N2S. The number of benzene rings is 2. The zero-order chi connectivity index (χ0) is 15.3. The van der Waals surface area contributed by atoms with Gasteiger partial charge in [0, 0.05) is 6.07 Å². The summed E-state index contributed by atoms with van der Waals surface area (Å²) in [6.45, 7) is 1.53. The first kappa shape index (κ1) is 14.3. The van der Waals surface area contributed by atoms with Crippen LogP contribution >= 0.6 is 28.1 Å². The lowest BCUT2D eigenvalue weighted by Gasteiger charge is -2.09. The van der Waals surface area contributed by atoms with E-state index in [-0.39, 0.29) is 14.9 Å². The van der Waals surface area contributed by atoms with Crippen LogP contribution in [0.2, 0.25) is 0 Å². The number of fused-ring (bicyclic) bond motifs is 1. The number of imidazole rings is 1. The van der Waals surface area contributed by atoms with E-state index in [1.54, 1.807) is 0 Å². The number of nitrogens with one attached hydrogen (secondary N) is 1. The van der Waals surface area contributed by atoms with Crippen LogP contribution < -0.4 is 0 Å². The Bertz CT molecular complexity index is 930. The second-order valence-corrected chi connectivity index (χ2v) is 5.82. The molecule has 0 amide bonds. The predicted octanol–water partition coefficient (Wildman–Crippen LogP) is 5.18. The van der Waals surface area contributed by atoms with Gasteiger partial charge in [0.05, 0.1) is 15.5 Å². The molecule has 1 heterocycles. The lowest BCUT2D eigenvalue weighted by Crippen LogP contribution is -2.03. The van der Waals surface area contributed by atoms with E-state index in [0.29, 0.717) is 16.6 Å². The van der Waals surface area contributed by atoms with Gasteiger partial charge in [-0.2, -0.15) is 0 Å². The number of rotatable bonds is 1. The molecule has 2 aromatic carbocycles. The largest absolute Gasteiger partial charge is 0.330 e. The van der Waals surface area contributed by atoms with Crippen LogP contribution in [0.4, 0.5) is 13.2 Å². The molecule has 0 atom stereocenters. The Hall–Kier alpha value is -1.60. The van der Waals surface area contributed by atoms with Gasteiger partial charge in [-0.15, -0.1) is 0 Å². The minimum atomic E-state index is -0.740. The zero-order valence-corrected chi connectivity index (χ0v) is 13.1. The number of aromatic amines is 1. The Kier molecular flexibility index (Phi) is 3.41. The van der Waals surface area contributed by atoms with Crippen LogP contribution in [0.25, 0.3) is 16.7 Å². The summed E-state index contributed by atoms with van der Waals surface area (Å²) in [5, 5.41) is 0. The van der Waals surface area contributed by atoms with Crippen LogP contribution in [0.15, 0.2) is 28.7 Å². The van der Waals surface area contributed by atoms with Crippen LogP contribution in [0.5, 0.6) is 0 Å². The van der Waals surface area contributed by atoms with E-state index in [9.17, 15) is 13.2 Å². The molecule has 1 N–H and O–H groups in total. The summed E-state index contributed by atoms with van der Waals surface area (Å²) in [7, 11) is 0. The van der Waals surface area contributed by atoms with Gasteiger partial charge in [0.25, 0.3) is 0 Å². The van der Waals surface area contributed by atoms with Gasteiger partial charge in [0.1, 0.15) is 17.3 Å². The second kappa shape index (κ2) is 4.99. The third-order valence-electron chi connectivity index (χ3n) is 3.21. The SMILES string of the molecule is Cc1ccc(F)c(-n2c(=S)[nH]c3cc(F)c(Br)cc32)c1F. The molecule has 3 aromatic rings. The average Bonchev–Trinajstić information content (AvgIpc) is 2.72. The highest BCUT2D eigenvalue weighted by Gasteiger charge is 2.18. The molecule has 3 rings (SSSR count). The quantitative estimate of drug-likeness (QED) is 0.584. The van der Waals surface area contributed by atoms with Crippen molar-refractivity contribution < 1.29 is 13.2 Å². The lowest BCUT2D eigenvalue weighted by atomic mass is 10.2. The summed E-state index contributed by atoms with van der Waals surface area (Å²) >= 11 is 8.18. The molecule has 0 radical (unpaired) electrons. The minimum absolute atomic E-state index is 0.0888. The number of hydrogen-bond acceptors (Lipinski definition) is 1. The summed E-state index contributed by atoms with van der Waals surface area (Å²) in [4.78, 5) is 2.75. The highest BCUT2D eigenvalue weighted by molar-refractivity contribution is 9.10. The number of aryl methyl sites for hydroxylation is 1. The van der Waals surface area contributed by atoms with Gasteiger partial charge in [0.15, 0.2) is 10.6 Å². The average molecular weight is 373 g/mol. The third-order valence-corrected chi connectivity index (χ3v) is 4.10. The topological polar surface area (TPSA) is 20.7 Å². The number of nitrogens with zero attached hydrogens (tertiary/aromatic N) is 1. The molecule has 7 heteroatoms. The molecule has 0 aliphatic heterocycles. The lowest BCUT2D eigenvalue weighted by molar-refractivity contribution is 0.564. The van der Waals surface area contributed by atoms with Crippen molar-refractivity contribution >= 4 is 39.2 Å². The minimum Gasteiger partial charge on any atom is -0.330 e. The maximum absolute atomic E-state index is 14.3. The first-order chi connectivity index (χ1) is 9.90. The van der Waals surface area contributed by atoms with Crippen molar-refractivity contribution in [3.63, 3.8) is 0 Å². The van der Waals surface area contributed by atoms with Crippen molar-refractivity contribution in [1.29, 1.82) is 0 Å². The molecule has 2 nitrogen and oxygen atoms in total. The van der Waals surface area contributed by atoms with Crippen molar-refractivity contribution in [2.45, 2.75) is 6.92 Å². The fraction of sp³-hybridized carbons (Fsp3) is 0.0714. The van der Waals surface area contributed by atoms with E-state index in [4.69, 9.17) is 12.2 Å². The van der Waals surface area contributed by atoms with Crippen molar-refractivity contribution in [3.05, 3.63) is 56.5 Å². The standard InChI is InChI=1S/C14H8BrF3N2S/c1-6-2-3-8(16)13(12(6)18)20-11-4-7(15)9(17)5-10(11)19-14(20)21/h2-5H,1H3,(H,19,21). The van der Waals surface area contributed by atoms with E-state index in [1.807, 2.05) is 0 Å². The van der Waals surface area contributed by atoms with Gasteiger partial charge in [-0.05, 0) is 52.8 Å². The van der Waals surface area contributed by atoms with Crippen molar-refractivity contribution in [1.82, 2.24) is 9.55 Å². The summed E-state index contributed by atoms with van der Waals surface area (Å²) in [5.41, 5.74) is 0.770. The number of H-pyrrole nitrogens is 1. The first-order valence-corrected chi connectivity index (χ1v) is 7.15. The van der Waals surface area contributed by atoms with Crippen LogP contribution in [-0.2, 0) is 0 Å². The molecule has 0 aliphatic rings. The van der Waals surface area contributed by atoms with Gasteiger partial charge < -0.3 is 4.98 Å². The monoisotopic (exact) mass is 372 g/mol. The molecule has 0 saturated carbocycles. The van der Waals surface area contributed by atoms with Gasteiger partial charge in [-0.3, -0.25) is 4.57 Å². The number of hydrogen-bond donors (Lipinski definition) is 1. The molecule has 0 spiro atoms. The molecule has 0 fully saturated rings. The normalized spacial score (nSPS) is 11.3. The molecule has 0 saturated heterocycles. The third kappa shape index (κ3) is 2.20. The Labute approximate surface area is 131 Å². The van der Waals surface area contributed by atoms with Crippen molar-refractivity contribution in [2.24, 2.45) is 0 Å². The number of halogens is 4. The smallest absolute Gasteiger partial charge is 0.182 e. The van der Waals surface area contributed by atoms with Crippen LogP contribution in [0.1, 0.15) is 5.56 Å². The van der Waals surface area contributed by atoms with Crippen LogP contribution in [-0.4, -0.2) is 9.55 Å². The molecular weight excluding hydrogens is 365 g/mol. The summed E-state index contributed by atoms with van der Waals surface area (Å²) in [6, 6.07) is 5.17. The Morgan fingerprint density at radius 3 is 2.57 bits per heavy atom.